The first-order valence-electron chi connectivity index (χ1n) is 8.34. The molecule has 1 N–H and O–H groups in total. The number of hydrogen-bond acceptors (Lipinski definition) is 6. The molecule has 0 fully saturated rings. The molecule has 3 aromatic rings. The zero-order chi connectivity index (χ0) is 19.4. The summed E-state index contributed by atoms with van der Waals surface area (Å²) in [5.74, 6) is -1.32. The van der Waals surface area contributed by atoms with E-state index in [1.54, 1.807) is 36.4 Å². The van der Waals surface area contributed by atoms with Gasteiger partial charge >= 0.3 is 5.97 Å². The maximum Gasteiger partial charge on any atom is 0.328 e. The Hall–Kier alpha value is -3.55. The number of hydrogen-bond donors (Lipinski definition) is 1. The van der Waals surface area contributed by atoms with Crippen LogP contribution >= 0.6 is 0 Å². The zero-order valence-electron chi connectivity index (χ0n) is 14.9. The van der Waals surface area contributed by atoms with Crippen LogP contribution in [0.2, 0.25) is 0 Å². The van der Waals surface area contributed by atoms with Crippen LogP contribution in [-0.2, 0) is 20.9 Å². The van der Waals surface area contributed by atoms with Gasteiger partial charge in [0, 0.05) is 5.56 Å². The van der Waals surface area contributed by atoms with Gasteiger partial charge in [-0.05, 0) is 38.1 Å². The third kappa shape index (κ3) is 4.17. The minimum absolute atomic E-state index is 0.165. The second kappa shape index (κ2) is 7.77. The van der Waals surface area contributed by atoms with Gasteiger partial charge in [0.05, 0.1) is 11.2 Å². The van der Waals surface area contributed by atoms with Gasteiger partial charge in [-0.2, -0.15) is 0 Å². The van der Waals surface area contributed by atoms with E-state index in [1.807, 2.05) is 12.1 Å². The molecule has 1 atom stereocenters. The number of nitrogens with zero attached hydrogens (tertiary/aromatic N) is 3. The van der Waals surface area contributed by atoms with E-state index in [0.29, 0.717) is 22.3 Å². The molecular formula is C19H18N4O4. The largest absolute Gasteiger partial charge is 0.451 e. The minimum Gasteiger partial charge on any atom is -0.451 e. The van der Waals surface area contributed by atoms with Crippen LogP contribution in [0.4, 0.5) is 5.69 Å². The Bertz CT molecular complexity index is 1010. The van der Waals surface area contributed by atoms with Crippen molar-refractivity contribution in [1.82, 2.24) is 15.0 Å². The van der Waals surface area contributed by atoms with E-state index >= 15 is 0 Å². The highest BCUT2D eigenvalue weighted by atomic mass is 16.5. The summed E-state index contributed by atoms with van der Waals surface area (Å²) in [6.45, 7) is 2.71. The molecule has 0 saturated carbocycles. The van der Waals surface area contributed by atoms with E-state index < -0.39 is 18.0 Å². The van der Waals surface area contributed by atoms with Gasteiger partial charge in [-0.3, -0.25) is 14.4 Å². The standard InChI is InChI=1S/C19H18N4O4/c1-12(24)14-7-3-4-8-15(14)20-19(26)13(2)27-18(25)11-23-17-10-6-5-9-16(17)21-22-23/h3-10,13H,11H2,1-2H3,(H,20,26). The second-order valence-corrected chi connectivity index (χ2v) is 5.96. The predicted molar refractivity (Wildman–Crippen MR) is 98.2 cm³/mol. The van der Waals surface area contributed by atoms with E-state index in [-0.39, 0.29) is 12.3 Å². The van der Waals surface area contributed by atoms with Crippen LogP contribution in [0.25, 0.3) is 11.0 Å². The van der Waals surface area contributed by atoms with Crippen molar-refractivity contribution in [3.05, 3.63) is 54.1 Å². The van der Waals surface area contributed by atoms with Gasteiger partial charge in [-0.25, -0.2) is 4.68 Å². The van der Waals surface area contributed by atoms with Crippen LogP contribution < -0.4 is 5.32 Å². The minimum atomic E-state index is -1.03. The van der Waals surface area contributed by atoms with Crippen LogP contribution in [0.3, 0.4) is 0 Å². The Balaban J connectivity index is 1.63. The van der Waals surface area contributed by atoms with E-state index in [4.69, 9.17) is 4.74 Å². The Morgan fingerprint density at radius 3 is 2.59 bits per heavy atom. The highest BCUT2D eigenvalue weighted by Crippen LogP contribution is 2.16. The van der Waals surface area contributed by atoms with E-state index in [9.17, 15) is 14.4 Å². The molecule has 1 aromatic heterocycles. The Labute approximate surface area is 155 Å². The second-order valence-electron chi connectivity index (χ2n) is 5.96. The van der Waals surface area contributed by atoms with E-state index in [2.05, 4.69) is 15.6 Å². The average Bonchev–Trinajstić information content (AvgIpc) is 3.05. The number of esters is 1. The quantitative estimate of drug-likeness (QED) is 0.530. The lowest BCUT2D eigenvalue weighted by molar-refractivity contribution is -0.153. The molecular weight excluding hydrogens is 348 g/mol. The maximum absolute atomic E-state index is 12.3. The molecule has 1 amide bonds. The first-order chi connectivity index (χ1) is 13.0. The zero-order valence-corrected chi connectivity index (χ0v) is 14.9. The number of aromatic nitrogens is 3. The number of anilines is 1. The molecule has 3 rings (SSSR count). The topological polar surface area (TPSA) is 103 Å². The summed E-state index contributed by atoms with van der Waals surface area (Å²) in [5.41, 5.74) is 2.12. The molecule has 0 aliphatic heterocycles. The first kappa shape index (κ1) is 18.2. The van der Waals surface area contributed by atoms with Gasteiger partial charge in [0.2, 0.25) is 0 Å². The first-order valence-corrected chi connectivity index (χ1v) is 8.34. The SMILES string of the molecule is CC(=O)c1ccccc1NC(=O)C(C)OC(=O)Cn1nnc2ccccc21. The van der Waals surface area contributed by atoms with Crippen LogP contribution in [0.15, 0.2) is 48.5 Å². The fourth-order valence-corrected chi connectivity index (χ4v) is 2.58. The van der Waals surface area contributed by atoms with Crippen molar-refractivity contribution in [3.8, 4) is 0 Å². The molecule has 138 valence electrons. The summed E-state index contributed by atoms with van der Waals surface area (Å²) in [7, 11) is 0. The van der Waals surface area contributed by atoms with Crippen molar-refractivity contribution in [2.45, 2.75) is 26.5 Å². The average molecular weight is 366 g/mol. The Kier molecular flexibility index (Phi) is 5.25. The summed E-state index contributed by atoms with van der Waals surface area (Å²) in [5, 5.41) is 10.5. The fourth-order valence-electron chi connectivity index (χ4n) is 2.58. The molecule has 1 heterocycles. The number of Topliss-reactive ketones (excluding diaryl/α,β-unsaturated/α-hetero) is 1. The molecule has 1 unspecified atom stereocenters. The normalized spacial score (nSPS) is 11.8. The van der Waals surface area contributed by atoms with Gasteiger partial charge in [0.15, 0.2) is 11.9 Å². The lowest BCUT2D eigenvalue weighted by atomic mass is 10.1. The number of ether oxygens (including phenoxy) is 1. The number of amides is 1. The number of para-hydroxylation sites is 2. The van der Waals surface area contributed by atoms with E-state index in [1.165, 1.54) is 18.5 Å². The number of benzene rings is 2. The molecule has 27 heavy (non-hydrogen) atoms. The monoisotopic (exact) mass is 366 g/mol. The molecule has 0 radical (unpaired) electrons. The summed E-state index contributed by atoms with van der Waals surface area (Å²) >= 11 is 0. The third-order valence-corrected chi connectivity index (χ3v) is 3.94. The van der Waals surface area contributed by atoms with Gasteiger partial charge in [-0.15, -0.1) is 5.10 Å². The van der Waals surface area contributed by atoms with Crippen LogP contribution in [0.1, 0.15) is 24.2 Å². The van der Waals surface area contributed by atoms with Crippen LogP contribution in [-0.4, -0.2) is 38.8 Å². The summed E-state index contributed by atoms with van der Waals surface area (Å²) in [6.07, 6.45) is -1.03. The highest BCUT2D eigenvalue weighted by Gasteiger charge is 2.20. The number of nitrogens with one attached hydrogen (secondary N) is 1. The smallest absolute Gasteiger partial charge is 0.328 e. The van der Waals surface area contributed by atoms with Crippen molar-refractivity contribution < 1.29 is 19.1 Å². The van der Waals surface area contributed by atoms with Gasteiger partial charge in [0.25, 0.3) is 5.91 Å². The number of ketones is 1. The van der Waals surface area contributed by atoms with Crippen molar-refractivity contribution in [2.75, 3.05) is 5.32 Å². The van der Waals surface area contributed by atoms with Gasteiger partial charge in [-0.1, -0.05) is 29.5 Å². The number of fused-ring (bicyclic) bond motifs is 1. The third-order valence-electron chi connectivity index (χ3n) is 3.94. The molecule has 0 bridgehead atoms. The lowest BCUT2D eigenvalue weighted by Crippen LogP contribution is -2.31. The molecule has 8 nitrogen and oxygen atoms in total. The van der Waals surface area contributed by atoms with Gasteiger partial charge < -0.3 is 10.1 Å². The van der Waals surface area contributed by atoms with Crippen molar-refractivity contribution in [3.63, 3.8) is 0 Å². The van der Waals surface area contributed by atoms with Gasteiger partial charge in [0.1, 0.15) is 12.1 Å². The molecule has 0 aliphatic rings. The van der Waals surface area contributed by atoms with E-state index in [0.717, 1.165) is 0 Å². The fraction of sp³-hybridized carbons (Fsp3) is 0.211. The molecule has 0 spiro atoms. The number of carbonyl (C=O) groups excluding carboxylic acids is 3. The predicted octanol–water partition coefficient (Wildman–Crippen LogP) is 2.20. The molecule has 0 aliphatic carbocycles. The number of rotatable bonds is 6. The summed E-state index contributed by atoms with van der Waals surface area (Å²) < 4.78 is 6.59. The summed E-state index contributed by atoms with van der Waals surface area (Å²) in [4.78, 5) is 36.1. The highest BCUT2D eigenvalue weighted by molar-refractivity contribution is 6.04. The van der Waals surface area contributed by atoms with Crippen molar-refractivity contribution in [1.29, 1.82) is 0 Å². The maximum atomic E-state index is 12.3. The number of carbonyl (C=O) groups is 3. The Morgan fingerprint density at radius 2 is 1.81 bits per heavy atom. The van der Waals surface area contributed by atoms with Crippen molar-refractivity contribution >= 4 is 34.4 Å². The Morgan fingerprint density at radius 1 is 1.11 bits per heavy atom. The van der Waals surface area contributed by atoms with Crippen molar-refractivity contribution in [2.24, 2.45) is 0 Å². The summed E-state index contributed by atoms with van der Waals surface area (Å²) in [6, 6.07) is 13.9. The molecule has 2 aromatic carbocycles. The molecule has 8 heteroatoms. The van der Waals surface area contributed by atoms with Crippen LogP contribution in [0, 0.1) is 0 Å². The lowest BCUT2D eigenvalue weighted by Gasteiger charge is -2.15. The molecule has 0 saturated heterocycles. The van der Waals surface area contributed by atoms with Crippen LogP contribution in [0.5, 0.6) is 0 Å².